The summed E-state index contributed by atoms with van der Waals surface area (Å²) in [5.41, 5.74) is -1.76. The van der Waals surface area contributed by atoms with Gasteiger partial charge in [0.25, 0.3) is 0 Å². The molecule has 0 aliphatic carbocycles. The largest absolute Gasteiger partial charge is 0.481 e. The number of rotatable bonds is 8. The van der Waals surface area contributed by atoms with E-state index in [9.17, 15) is 14.7 Å². The van der Waals surface area contributed by atoms with Gasteiger partial charge >= 0.3 is 5.97 Å². The maximum absolute atomic E-state index is 12.1. The van der Waals surface area contributed by atoms with Gasteiger partial charge in [-0.05, 0) is 12.3 Å². The first kappa shape index (κ1) is 17.1. The summed E-state index contributed by atoms with van der Waals surface area (Å²) < 4.78 is 0.344. The van der Waals surface area contributed by atoms with E-state index >= 15 is 0 Å². The monoisotopic (exact) mass is 260 g/mol. The number of carboxylic acids is 1. The molecule has 0 aliphatic rings. The van der Waals surface area contributed by atoms with Crippen molar-refractivity contribution in [1.29, 1.82) is 0 Å². The van der Waals surface area contributed by atoms with E-state index in [0.717, 1.165) is 0 Å². The molecule has 0 heterocycles. The maximum atomic E-state index is 12.1. The Labute approximate surface area is 109 Å². The molecule has 5 nitrogen and oxygen atoms in total. The van der Waals surface area contributed by atoms with E-state index in [0.29, 0.717) is 16.8 Å². The summed E-state index contributed by atoms with van der Waals surface area (Å²) in [7, 11) is 5.47. The van der Waals surface area contributed by atoms with E-state index in [1.165, 1.54) is 0 Å². The molecule has 0 aromatic rings. The van der Waals surface area contributed by atoms with Gasteiger partial charge in [-0.25, -0.2) is 0 Å². The highest BCUT2D eigenvalue weighted by molar-refractivity contribution is 5.91. The van der Waals surface area contributed by atoms with Crippen molar-refractivity contribution in [2.24, 2.45) is 5.92 Å². The average Bonchev–Trinajstić information content (AvgIpc) is 2.09. The highest BCUT2D eigenvalue weighted by Gasteiger charge is 2.42. The minimum atomic E-state index is -1.76. The predicted molar refractivity (Wildman–Crippen MR) is 69.2 cm³/mol. The maximum Gasteiger partial charge on any atom is 0.306 e. The van der Waals surface area contributed by atoms with Gasteiger partial charge in [0.1, 0.15) is 6.54 Å². The Morgan fingerprint density at radius 3 is 2.06 bits per heavy atom. The molecular weight excluding hydrogens is 234 g/mol. The van der Waals surface area contributed by atoms with Crippen molar-refractivity contribution in [3.8, 4) is 0 Å². The van der Waals surface area contributed by atoms with Gasteiger partial charge in [-0.15, -0.1) is 0 Å². The van der Waals surface area contributed by atoms with Crippen LogP contribution in [0.4, 0.5) is 0 Å². The zero-order chi connectivity index (χ0) is 14.6. The zero-order valence-corrected chi connectivity index (χ0v) is 12.1. The first-order valence-corrected chi connectivity index (χ1v) is 6.24. The van der Waals surface area contributed by atoms with Crippen molar-refractivity contribution >= 4 is 11.8 Å². The summed E-state index contributed by atoms with van der Waals surface area (Å²) in [6, 6.07) is 0. The Bertz CT molecular complexity index is 307. The fourth-order valence-corrected chi connectivity index (χ4v) is 1.93. The van der Waals surface area contributed by atoms with E-state index in [4.69, 9.17) is 5.11 Å². The van der Waals surface area contributed by atoms with Crippen LogP contribution >= 0.6 is 0 Å². The molecule has 5 heteroatoms. The molecule has 0 fully saturated rings. The standard InChI is InChI=1S/C13H25NO4/c1-10(2)6-7-11(15)13(18,8-12(16)17)9-14(3,4)5/h10,18H,6-9H2,1-5H3/p+1/t13-/m1/s1. The van der Waals surface area contributed by atoms with Crippen molar-refractivity contribution in [2.75, 3.05) is 27.7 Å². The predicted octanol–water partition coefficient (Wildman–Crippen LogP) is 0.904. The van der Waals surface area contributed by atoms with E-state index < -0.39 is 18.0 Å². The lowest BCUT2D eigenvalue weighted by molar-refractivity contribution is -0.875. The van der Waals surface area contributed by atoms with Crippen LogP contribution in [-0.2, 0) is 9.59 Å². The summed E-state index contributed by atoms with van der Waals surface area (Å²) in [4.78, 5) is 22.9. The van der Waals surface area contributed by atoms with E-state index in [1.54, 1.807) is 0 Å². The van der Waals surface area contributed by atoms with Crippen LogP contribution in [0.15, 0.2) is 0 Å². The third-order valence-corrected chi connectivity index (χ3v) is 2.65. The second-order valence-corrected chi connectivity index (χ2v) is 6.41. The fraction of sp³-hybridized carbons (Fsp3) is 0.846. The number of likely N-dealkylation sites (N-methyl/N-ethyl adjacent to an activating group) is 1. The number of carbonyl (C=O) groups is 2. The first-order valence-electron chi connectivity index (χ1n) is 6.24. The topological polar surface area (TPSA) is 74.6 Å². The highest BCUT2D eigenvalue weighted by Crippen LogP contribution is 2.20. The van der Waals surface area contributed by atoms with Gasteiger partial charge < -0.3 is 14.7 Å². The summed E-state index contributed by atoms with van der Waals surface area (Å²) in [6.45, 7) is 4.09. The SMILES string of the molecule is CC(C)CCC(=O)[C@@](O)(CC(=O)O)C[N+](C)(C)C. The Morgan fingerprint density at radius 2 is 1.72 bits per heavy atom. The number of ketones is 1. The van der Waals surface area contributed by atoms with Crippen LogP contribution in [-0.4, -0.2) is 59.7 Å². The molecule has 18 heavy (non-hydrogen) atoms. The molecule has 0 spiro atoms. The van der Waals surface area contributed by atoms with Gasteiger partial charge in [0, 0.05) is 6.42 Å². The second-order valence-electron chi connectivity index (χ2n) is 6.41. The molecule has 0 aliphatic heterocycles. The molecule has 0 rings (SSSR count). The highest BCUT2D eigenvalue weighted by atomic mass is 16.4. The number of hydrogen-bond acceptors (Lipinski definition) is 3. The minimum Gasteiger partial charge on any atom is -0.481 e. The lowest BCUT2D eigenvalue weighted by Gasteiger charge is -2.33. The van der Waals surface area contributed by atoms with Gasteiger partial charge in [0.2, 0.25) is 0 Å². The van der Waals surface area contributed by atoms with Gasteiger partial charge in [-0.3, -0.25) is 9.59 Å². The van der Waals surface area contributed by atoms with Crippen molar-refractivity contribution in [1.82, 2.24) is 0 Å². The molecule has 0 unspecified atom stereocenters. The smallest absolute Gasteiger partial charge is 0.306 e. The molecule has 1 atom stereocenters. The molecule has 0 bridgehead atoms. The van der Waals surface area contributed by atoms with Crippen molar-refractivity contribution in [3.05, 3.63) is 0 Å². The molecule has 0 aromatic heterocycles. The lowest BCUT2D eigenvalue weighted by Crippen LogP contribution is -2.54. The van der Waals surface area contributed by atoms with Crippen molar-refractivity contribution < 1.29 is 24.3 Å². The number of nitrogens with zero attached hydrogens (tertiary/aromatic N) is 1. The van der Waals surface area contributed by atoms with E-state index in [2.05, 4.69) is 0 Å². The second kappa shape index (κ2) is 6.29. The van der Waals surface area contributed by atoms with E-state index in [1.807, 2.05) is 35.0 Å². The number of hydrogen-bond donors (Lipinski definition) is 2. The molecule has 2 N–H and O–H groups in total. The number of carbonyl (C=O) groups excluding carboxylic acids is 1. The third kappa shape index (κ3) is 6.71. The summed E-state index contributed by atoms with van der Waals surface area (Å²) in [5, 5.41) is 19.2. The molecule has 0 amide bonds. The lowest BCUT2D eigenvalue weighted by atomic mass is 9.89. The van der Waals surface area contributed by atoms with Gasteiger partial charge in [-0.1, -0.05) is 13.8 Å². The van der Waals surface area contributed by atoms with Crippen LogP contribution in [0.1, 0.15) is 33.1 Å². The van der Waals surface area contributed by atoms with Gasteiger partial charge in [0.15, 0.2) is 11.4 Å². The fourth-order valence-electron chi connectivity index (χ4n) is 1.93. The first-order chi connectivity index (χ1) is 7.96. The van der Waals surface area contributed by atoms with Crippen molar-refractivity contribution in [3.63, 3.8) is 0 Å². The van der Waals surface area contributed by atoms with Crippen LogP contribution in [0.25, 0.3) is 0 Å². The quantitative estimate of drug-likeness (QED) is 0.636. The van der Waals surface area contributed by atoms with Crippen LogP contribution in [0.2, 0.25) is 0 Å². The Kier molecular flexibility index (Phi) is 5.96. The van der Waals surface area contributed by atoms with Gasteiger partial charge in [0.05, 0.1) is 27.6 Å². The summed E-state index contributed by atoms with van der Waals surface area (Å²) in [6.07, 6.45) is 0.360. The number of carboxylic acid groups (broad SMARTS) is 1. The normalized spacial score (nSPS) is 15.5. The van der Waals surface area contributed by atoms with Crippen molar-refractivity contribution in [2.45, 2.75) is 38.7 Å². The molecule has 106 valence electrons. The number of aliphatic carboxylic acids is 1. The Hall–Kier alpha value is -0.940. The number of aliphatic hydroxyl groups is 1. The minimum absolute atomic E-state index is 0.107. The van der Waals surface area contributed by atoms with E-state index in [-0.39, 0.29) is 18.7 Å². The number of Topliss-reactive ketones (excluding diaryl/α,β-unsaturated/α-hetero) is 1. The molecule has 0 saturated carbocycles. The summed E-state index contributed by atoms with van der Waals surface area (Å²) in [5.74, 6) is -1.16. The van der Waals surface area contributed by atoms with Crippen LogP contribution < -0.4 is 0 Å². The Balaban J connectivity index is 4.85. The average molecular weight is 260 g/mol. The zero-order valence-electron chi connectivity index (χ0n) is 12.1. The van der Waals surface area contributed by atoms with Crippen LogP contribution in [0.5, 0.6) is 0 Å². The molecule has 0 radical (unpaired) electrons. The van der Waals surface area contributed by atoms with Gasteiger partial charge in [-0.2, -0.15) is 0 Å². The third-order valence-electron chi connectivity index (χ3n) is 2.65. The van der Waals surface area contributed by atoms with Crippen LogP contribution in [0, 0.1) is 5.92 Å². The summed E-state index contributed by atoms with van der Waals surface area (Å²) >= 11 is 0. The molecular formula is C13H26NO4+. The molecule has 0 saturated heterocycles. The van der Waals surface area contributed by atoms with Crippen LogP contribution in [0.3, 0.4) is 0 Å². The Morgan fingerprint density at radius 1 is 1.22 bits per heavy atom. The molecule has 0 aromatic carbocycles. The number of quaternary nitrogens is 1.